The molecule has 6 unspecified atom stereocenters. The lowest BCUT2D eigenvalue weighted by Crippen LogP contribution is -2.57. The molecule has 40 heavy (non-hydrogen) atoms. The van der Waals surface area contributed by atoms with Gasteiger partial charge < -0.3 is 14.6 Å². The van der Waals surface area contributed by atoms with Crippen LogP contribution in [-0.2, 0) is 27.2 Å². The van der Waals surface area contributed by atoms with Crippen LogP contribution in [0.15, 0.2) is 53.6 Å². The number of hydrogen-bond donors (Lipinski definition) is 1. The molecule has 0 saturated carbocycles. The first kappa shape index (κ1) is 27.7. The van der Waals surface area contributed by atoms with Crippen molar-refractivity contribution in [1.82, 2.24) is 0 Å². The Labute approximate surface area is 239 Å². The van der Waals surface area contributed by atoms with Crippen molar-refractivity contribution in [2.75, 3.05) is 40.0 Å². The summed E-state index contributed by atoms with van der Waals surface area (Å²) in [7, 11) is 1.86. The summed E-state index contributed by atoms with van der Waals surface area (Å²) in [5, 5.41) is 10.5. The Morgan fingerprint density at radius 2 is 2.05 bits per heavy atom. The smallest absolute Gasteiger partial charge is 0.331 e. The van der Waals surface area contributed by atoms with Gasteiger partial charge in [0.25, 0.3) is 0 Å². The highest BCUT2D eigenvalue weighted by Gasteiger charge is 2.61. The van der Waals surface area contributed by atoms with Crippen molar-refractivity contribution < 1.29 is 28.9 Å². The molecule has 3 aliphatic heterocycles. The fraction of sp³-hybridized carbons (Fsp3) is 0.618. The number of benzene rings is 1. The van der Waals surface area contributed by atoms with Crippen molar-refractivity contribution in [1.29, 1.82) is 0 Å². The summed E-state index contributed by atoms with van der Waals surface area (Å²) < 4.78 is 12.9. The summed E-state index contributed by atoms with van der Waals surface area (Å²) in [6.45, 7) is 3.92. The molecule has 3 bridgehead atoms. The quantitative estimate of drug-likeness (QED) is 0.331. The number of fused-ring (bicyclic) bond motifs is 4. The summed E-state index contributed by atoms with van der Waals surface area (Å²) in [5.41, 5.74) is 4.53. The van der Waals surface area contributed by atoms with Crippen molar-refractivity contribution in [2.45, 2.75) is 70.3 Å². The number of rotatable bonds is 7. The summed E-state index contributed by atoms with van der Waals surface area (Å²) >= 11 is 0. The van der Waals surface area contributed by atoms with E-state index in [2.05, 4.69) is 36.4 Å². The minimum absolute atomic E-state index is 0.172. The van der Waals surface area contributed by atoms with Crippen LogP contribution >= 0.6 is 0 Å². The number of piperidine rings is 1. The molecule has 6 nitrogen and oxygen atoms in total. The number of hydrogen-bond acceptors (Lipinski definition) is 4. The molecule has 216 valence electrons. The number of aliphatic carboxylic acids is 1. The summed E-state index contributed by atoms with van der Waals surface area (Å²) in [6.07, 6.45) is 19.0. The molecular formula is C34H46NO5+. The summed E-state index contributed by atoms with van der Waals surface area (Å²) in [6, 6.07) is 6.62. The average Bonchev–Trinajstić information content (AvgIpc) is 3.21. The first-order valence-corrected chi connectivity index (χ1v) is 15.6. The Kier molecular flexibility index (Phi) is 8.47. The van der Waals surface area contributed by atoms with Gasteiger partial charge in [0, 0.05) is 35.9 Å². The van der Waals surface area contributed by atoms with E-state index in [0.29, 0.717) is 47.6 Å². The number of carbonyl (C=O) groups is 1. The maximum Gasteiger partial charge on any atom is 0.331 e. The van der Waals surface area contributed by atoms with Gasteiger partial charge in [0.2, 0.25) is 0 Å². The molecule has 0 aromatic heterocycles. The molecular weight excluding hydrogens is 502 g/mol. The Bertz CT molecular complexity index is 1170. The minimum atomic E-state index is -0.819. The van der Waals surface area contributed by atoms with Crippen LogP contribution in [0.2, 0.25) is 0 Å². The van der Waals surface area contributed by atoms with Gasteiger partial charge in [0.05, 0.1) is 20.3 Å². The lowest BCUT2D eigenvalue weighted by Gasteiger charge is -2.43. The lowest BCUT2D eigenvalue weighted by atomic mass is 9.74. The van der Waals surface area contributed by atoms with Crippen molar-refractivity contribution >= 4 is 5.97 Å². The van der Waals surface area contributed by atoms with E-state index < -0.39 is 5.97 Å². The van der Waals surface area contributed by atoms with Crippen LogP contribution in [0.4, 0.5) is 0 Å². The lowest BCUT2D eigenvalue weighted by molar-refractivity contribution is -1.11. The number of aryl methyl sites for hydroxylation is 1. The van der Waals surface area contributed by atoms with Gasteiger partial charge in [0.1, 0.15) is 24.9 Å². The molecule has 6 rings (SSSR count). The van der Waals surface area contributed by atoms with E-state index in [1.165, 1.54) is 42.4 Å². The van der Waals surface area contributed by atoms with Gasteiger partial charge in [-0.1, -0.05) is 36.4 Å². The normalized spacial score (nSPS) is 34.8. The van der Waals surface area contributed by atoms with Crippen LogP contribution in [0.3, 0.4) is 0 Å². The van der Waals surface area contributed by atoms with E-state index in [0.717, 1.165) is 57.6 Å². The molecule has 1 aromatic rings. The first-order valence-electron chi connectivity index (χ1n) is 15.6. The van der Waals surface area contributed by atoms with Gasteiger partial charge in [-0.15, -0.1) is 0 Å². The standard InChI is InChI=1S/C34H45NO5/c1-38-35-22-24-9-6-18-39-19-7-16-31(34(36)37)29(30-14-5-13-28(33(30)35)26(21-24)23-35)15-8-20-40-32-17-4-11-25-10-2-3-12-27(25)32/h4-5,11,13-14,16-17,24,26,28-29,33H,2-3,6-10,12,15,18-23H2,1H3/p+1/b31-16-. The molecule has 0 amide bonds. The highest BCUT2D eigenvalue weighted by molar-refractivity contribution is 5.88. The number of carboxylic acids is 1. The third kappa shape index (κ3) is 5.43. The molecule has 6 atom stereocenters. The van der Waals surface area contributed by atoms with Crippen LogP contribution in [0.5, 0.6) is 5.75 Å². The predicted octanol–water partition coefficient (Wildman–Crippen LogP) is 6.06. The number of carboxylic acid groups (broad SMARTS) is 1. The number of nitrogens with zero attached hydrogens (tertiary/aromatic N) is 1. The van der Waals surface area contributed by atoms with Crippen LogP contribution in [0.1, 0.15) is 62.5 Å². The van der Waals surface area contributed by atoms with Crippen LogP contribution < -0.4 is 4.74 Å². The van der Waals surface area contributed by atoms with Gasteiger partial charge in [0.15, 0.2) is 0 Å². The van der Waals surface area contributed by atoms with Crippen molar-refractivity contribution in [3.8, 4) is 5.75 Å². The largest absolute Gasteiger partial charge is 0.493 e. The highest BCUT2D eigenvalue weighted by atomic mass is 16.7. The van der Waals surface area contributed by atoms with Gasteiger partial charge in [-0.2, -0.15) is 4.65 Å². The Hall–Kier alpha value is -2.41. The third-order valence-corrected chi connectivity index (χ3v) is 10.3. The molecule has 1 aromatic carbocycles. The number of ether oxygens (including phenoxy) is 2. The molecule has 2 aliphatic carbocycles. The Morgan fingerprint density at radius 1 is 1.15 bits per heavy atom. The zero-order valence-electron chi connectivity index (χ0n) is 24.1. The van der Waals surface area contributed by atoms with E-state index in [1.807, 2.05) is 13.2 Å². The molecule has 0 radical (unpaired) electrons. The molecule has 6 heteroatoms. The van der Waals surface area contributed by atoms with Gasteiger partial charge in [-0.05, 0) is 87.0 Å². The van der Waals surface area contributed by atoms with Gasteiger partial charge in [-0.3, -0.25) is 0 Å². The molecule has 2 fully saturated rings. The van der Waals surface area contributed by atoms with Gasteiger partial charge in [-0.25, -0.2) is 9.63 Å². The summed E-state index contributed by atoms with van der Waals surface area (Å²) in [5.74, 6) is 1.61. The van der Waals surface area contributed by atoms with Crippen LogP contribution in [0, 0.1) is 23.7 Å². The monoisotopic (exact) mass is 548 g/mol. The molecule has 0 spiro atoms. The maximum absolute atomic E-state index is 12.8. The van der Waals surface area contributed by atoms with Crippen molar-refractivity contribution in [3.63, 3.8) is 0 Å². The van der Waals surface area contributed by atoms with E-state index in [9.17, 15) is 9.90 Å². The van der Waals surface area contributed by atoms with Crippen molar-refractivity contribution in [3.05, 3.63) is 64.8 Å². The number of quaternary nitrogens is 1. The number of hydroxylamine groups is 3. The molecule has 3 heterocycles. The zero-order chi connectivity index (χ0) is 27.5. The minimum Gasteiger partial charge on any atom is -0.493 e. The molecule has 1 N–H and O–H groups in total. The highest BCUT2D eigenvalue weighted by Crippen LogP contribution is 2.52. The van der Waals surface area contributed by atoms with Crippen molar-refractivity contribution in [2.24, 2.45) is 23.7 Å². The van der Waals surface area contributed by atoms with E-state index >= 15 is 0 Å². The maximum atomic E-state index is 12.8. The Morgan fingerprint density at radius 3 is 2.92 bits per heavy atom. The third-order valence-electron chi connectivity index (χ3n) is 10.3. The Balaban J connectivity index is 1.27. The van der Waals surface area contributed by atoms with Gasteiger partial charge >= 0.3 is 5.97 Å². The molecule has 2 saturated heterocycles. The second-order valence-electron chi connectivity index (χ2n) is 12.6. The SMILES string of the molecule is CO[N+]12CC3CCCOCC/C=C(\C(=O)O)C(CCCOc4cccc5c4CCCC5)C4=CC=CC(C(C3)C1)C42. The van der Waals surface area contributed by atoms with E-state index in [-0.39, 0.29) is 12.0 Å². The van der Waals surface area contributed by atoms with E-state index in [1.54, 1.807) is 0 Å². The second kappa shape index (κ2) is 12.2. The fourth-order valence-electron chi connectivity index (χ4n) is 8.61. The zero-order valence-corrected chi connectivity index (χ0v) is 24.1. The first-order chi connectivity index (χ1) is 19.6. The average molecular weight is 549 g/mol. The van der Waals surface area contributed by atoms with Crippen LogP contribution in [0.25, 0.3) is 0 Å². The van der Waals surface area contributed by atoms with Crippen LogP contribution in [-0.4, -0.2) is 61.8 Å². The molecule has 5 aliphatic rings. The summed E-state index contributed by atoms with van der Waals surface area (Å²) in [4.78, 5) is 19.2. The second-order valence-corrected chi connectivity index (χ2v) is 12.6. The predicted molar refractivity (Wildman–Crippen MR) is 155 cm³/mol. The van der Waals surface area contributed by atoms with E-state index in [4.69, 9.17) is 14.3 Å². The topological polar surface area (TPSA) is 65.0 Å². The fourth-order valence-corrected chi connectivity index (χ4v) is 8.61. The number of allylic oxidation sites excluding steroid dienone is 2.